The van der Waals surface area contributed by atoms with Gasteiger partial charge in [-0.3, -0.25) is 19.4 Å². The molecule has 4 rings (SSSR count). The monoisotopic (exact) mass is 580 g/mol. The Morgan fingerprint density at radius 1 is 0.643 bits per heavy atom. The van der Waals surface area contributed by atoms with Crippen molar-refractivity contribution in [3.63, 3.8) is 0 Å². The highest BCUT2D eigenvalue weighted by Crippen LogP contribution is 2.24. The van der Waals surface area contributed by atoms with Gasteiger partial charge in [0, 0.05) is 62.2 Å². The number of Topliss-reactive ketones (excluding diaryl/α,β-unsaturated/α-hetero) is 2. The summed E-state index contributed by atoms with van der Waals surface area (Å²) in [6.07, 6.45) is 3.39. The first-order valence-electron chi connectivity index (χ1n) is 15.7. The summed E-state index contributed by atoms with van der Waals surface area (Å²) < 4.78 is 22.2. The Labute approximate surface area is 251 Å². The van der Waals surface area contributed by atoms with Gasteiger partial charge >= 0.3 is 0 Å². The normalized spacial score (nSPS) is 17.9. The van der Waals surface area contributed by atoms with E-state index in [9.17, 15) is 9.59 Å². The second kappa shape index (κ2) is 17.4. The fourth-order valence-corrected chi connectivity index (χ4v) is 5.82. The number of nitrogens with zero attached hydrogens (tertiary/aromatic N) is 2. The van der Waals surface area contributed by atoms with E-state index in [-0.39, 0.29) is 23.4 Å². The van der Waals surface area contributed by atoms with Crippen LogP contribution in [0.15, 0.2) is 48.5 Å². The fraction of sp³-hybridized carbons (Fsp3) is 0.588. The van der Waals surface area contributed by atoms with Crippen molar-refractivity contribution in [1.29, 1.82) is 0 Å². The lowest BCUT2D eigenvalue weighted by atomic mass is 9.88. The highest BCUT2D eigenvalue weighted by atomic mass is 16.5. The summed E-state index contributed by atoms with van der Waals surface area (Å²) in [4.78, 5) is 32.0. The van der Waals surface area contributed by atoms with E-state index in [1.165, 1.54) is 0 Å². The number of benzene rings is 2. The van der Waals surface area contributed by atoms with Gasteiger partial charge in [0.2, 0.25) is 0 Å². The summed E-state index contributed by atoms with van der Waals surface area (Å²) in [6.45, 7) is 12.8. The molecule has 230 valence electrons. The number of ether oxygens (including phenoxy) is 4. The Hall–Kier alpha value is -2.78. The number of carbonyl (C=O) groups is 2. The first kappa shape index (κ1) is 32.1. The predicted molar refractivity (Wildman–Crippen MR) is 164 cm³/mol. The molecule has 2 aromatic rings. The molecule has 2 saturated heterocycles. The summed E-state index contributed by atoms with van der Waals surface area (Å²) in [6, 6.07) is 15.1. The maximum Gasteiger partial charge on any atom is 0.167 e. The molecule has 2 aliphatic rings. The molecule has 0 bridgehead atoms. The third-order valence-corrected chi connectivity index (χ3v) is 8.16. The largest absolute Gasteiger partial charge is 0.494 e. The van der Waals surface area contributed by atoms with Crippen molar-refractivity contribution >= 4 is 11.6 Å². The van der Waals surface area contributed by atoms with Crippen molar-refractivity contribution in [1.82, 2.24) is 9.80 Å². The van der Waals surface area contributed by atoms with Crippen LogP contribution in [0.5, 0.6) is 11.5 Å². The summed E-state index contributed by atoms with van der Waals surface area (Å²) in [5.41, 5.74) is 1.46. The molecule has 0 N–H and O–H groups in total. The Morgan fingerprint density at radius 2 is 1.00 bits per heavy atom. The molecule has 0 unspecified atom stereocenters. The molecule has 8 nitrogen and oxygen atoms in total. The zero-order valence-corrected chi connectivity index (χ0v) is 25.4. The number of morpholine rings is 2. The average molecular weight is 581 g/mol. The molecule has 0 amide bonds. The van der Waals surface area contributed by atoms with Crippen molar-refractivity contribution in [3.05, 3.63) is 59.7 Å². The summed E-state index contributed by atoms with van der Waals surface area (Å²) >= 11 is 0. The lowest BCUT2D eigenvalue weighted by Gasteiger charge is -2.31. The molecular formula is C34H48N2O6. The van der Waals surface area contributed by atoms with Gasteiger partial charge < -0.3 is 18.9 Å². The molecule has 2 aromatic carbocycles. The van der Waals surface area contributed by atoms with Gasteiger partial charge in [-0.1, -0.05) is 12.8 Å². The Balaban J connectivity index is 1.39. The van der Waals surface area contributed by atoms with E-state index in [0.29, 0.717) is 39.6 Å². The zero-order chi connectivity index (χ0) is 29.6. The smallest absolute Gasteiger partial charge is 0.167 e. The van der Waals surface area contributed by atoms with Crippen LogP contribution >= 0.6 is 0 Å². The van der Waals surface area contributed by atoms with Crippen molar-refractivity contribution in [2.24, 2.45) is 11.8 Å². The van der Waals surface area contributed by atoms with Crippen molar-refractivity contribution < 1.29 is 28.5 Å². The molecule has 2 fully saturated rings. The second-order valence-electron chi connectivity index (χ2n) is 11.1. The molecule has 0 radical (unpaired) electrons. The van der Waals surface area contributed by atoms with Gasteiger partial charge in [0.25, 0.3) is 0 Å². The third kappa shape index (κ3) is 9.90. The minimum Gasteiger partial charge on any atom is -0.494 e. The van der Waals surface area contributed by atoms with Gasteiger partial charge in [-0.2, -0.15) is 0 Å². The van der Waals surface area contributed by atoms with Crippen LogP contribution in [-0.2, 0) is 9.47 Å². The minimum absolute atomic E-state index is 0.0967. The summed E-state index contributed by atoms with van der Waals surface area (Å²) in [5, 5.41) is 0. The van der Waals surface area contributed by atoms with Gasteiger partial charge in [-0.25, -0.2) is 0 Å². The van der Waals surface area contributed by atoms with Crippen LogP contribution in [-0.4, -0.2) is 100 Å². The quantitative estimate of drug-likeness (QED) is 0.191. The maximum absolute atomic E-state index is 13.7. The molecule has 0 saturated carbocycles. The van der Waals surface area contributed by atoms with Crippen LogP contribution in [0.4, 0.5) is 0 Å². The maximum atomic E-state index is 13.7. The van der Waals surface area contributed by atoms with E-state index in [1.54, 1.807) is 0 Å². The number of unbranched alkanes of at least 4 members (excludes halogenated alkanes) is 1. The van der Waals surface area contributed by atoms with E-state index in [4.69, 9.17) is 18.9 Å². The predicted octanol–water partition coefficient (Wildman–Crippen LogP) is 5.01. The summed E-state index contributed by atoms with van der Waals surface area (Å²) in [5.74, 6) is 1.73. The molecular weight excluding hydrogens is 532 g/mol. The van der Waals surface area contributed by atoms with Crippen molar-refractivity contribution in [3.8, 4) is 11.5 Å². The van der Waals surface area contributed by atoms with Gasteiger partial charge in [-0.15, -0.1) is 0 Å². The lowest BCUT2D eigenvalue weighted by molar-refractivity contribution is 0.0283. The van der Waals surface area contributed by atoms with E-state index in [2.05, 4.69) is 9.80 Å². The van der Waals surface area contributed by atoms with Gasteiger partial charge in [0.1, 0.15) is 11.5 Å². The minimum atomic E-state index is -0.0967. The molecule has 0 spiro atoms. The SMILES string of the molecule is CCOc1ccc(C(=O)[C@H](CCCC[C@H](CN2CCOCC2)C(=O)c2ccc(OCC)cc2)CN2CCOCC2)cc1. The first-order chi connectivity index (χ1) is 20.6. The number of hydrogen-bond acceptors (Lipinski definition) is 8. The van der Waals surface area contributed by atoms with Crippen LogP contribution in [0.3, 0.4) is 0 Å². The molecule has 42 heavy (non-hydrogen) atoms. The lowest BCUT2D eigenvalue weighted by Crippen LogP contribution is -2.41. The van der Waals surface area contributed by atoms with Crippen LogP contribution in [0, 0.1) is 11.8 Å². The van der Waals surface area contributed by atoms with Gasteiger partial charge in [0.05, 0.1) is 39.6 Å². The summed E-state index contributed by atoms with van der Waals surface area (Å²) in [7, 11) is 0. The molecule has 2 atom stereocenters. The Kier molecular flexibility index (Phi) is 13.3. The number of carbonyl (C=O) groups excluding carboxylic acids is 2. The van der Waals surface area contributed by atoms with Crippen LogP contribution < -0.4 is 9.47 Å². The number of rotatable bonds is 17. The van der Waals surface area contributed by atoms with E-state index < -0.39 is 0 Å². The van der Waals surface area contributed by atoms with E-state index in [1.807, 2.05) is 62.4 Å². The van der Waals surface area contributed by atoms with Crippen molar-refractivity contribution in [2.75, 3.05) is 78.9 Å². The molecule has 2 heterocycles. The number of hydrogen-bond donors (Lipinski definition) is 0. The van der Waals surface area contributed by atoms with Gasteiger partial charge in [0.15, 0.2) is 11.6 Å². The second-order valence-corrected chi connectivity index (χ2v) is 11.1. The van der Waals surface area contributed by atoms with Crippen LogP contribution in [0.2, 0.25) is 0 Å². The van der Waals surface area contributed by atoms with Crippen LogP contribution in [0.25, 0.3) is 0 Å². The highest BCUT2D eigenvalue weighted by Gasteiger charge is 2.26. The Bertz CT molecular complexity index is 991. The third-order valence-electron chi connectivity index (χ3n) is 8.16. The number of ketones is 2. The standard InChI is InChI=1S/C34H48N2O6/c1-3-41-31-13-9-27(10-14-31)33(37)29(25-35-17-21-39-22-18-35)7-5-6-8-30(26-36-19-23-40-24-20-36)34(38)28-11-15-32(16-12-28)42-4-2/h9-16,29-30H,3-8,17-26H2,1-2H3/t29-,30-/m1/s1. The fourth-order valence-electron chi connectivity index (χ4n) is 5.82. The molecule has 2 aliphatic heterocycles. The Morgan fingerprint density at radius 3 is 1.33 bits per heavy atom. The molecule has 8 heteroatoms. The van der Waals surface area contributed by atoms with Crippen LogP contribution in [0.1, 0.15) is 60.2 Å². The molecule has 0 aromatic heterocycles. The highest BCUT2D eigenvalue weighted by molar-refractivity contribution is 5.98. The molecule has 0 aliphatic carbocycles. The van der Waals surface area contributed by atoms with Crippen molar-refractivity contribution in [2.45, 2.75) is 39.5 Å². The average Bonchev–Trinajstić information content (AvgIpc) is 3.03. The van der Waals surface area contributed by atoms with E-state index >= 15 is 0 Å². The first-order valence-corrected chi connectivity index (χ1v) is 15.7. The topological polar surface area (TPSA) is 77.5 Å². The zero-order valence-electron chi connectivity index (χ0n) is 25.4. The van der Waals surface area contributed by atoms with E-state index in [0.717, 1.165) is 87.6 Å². The van der Waals surface area contributed by atoms with Gasteiger partial charge in [-0.05, 0) is 75.2 Å².